The molecule has 2 aromatic rings. The van der Waals surface area contributed by atoms with E-state index in [1.807, 2.05) is 43.1 Å². The first-order valence-electron chi connectivity index (χ1n) is 9.10. The molecule has 7 nitrogen and oxygen atoms in total. The maximum atomic E-state index is 12.0. The Hall–Kier alpha value is -3.06. The van der Waals surface area contributed by atoms with E-state index < -0.39 is 0 Å². The summed E-state index contributed by atoms with van der Waals surface area (Å²) in [6, 6.07) is 7.82. The van der Waals surface area contributed by atoms with E-state index >= 15 is 0 Å². The maximum Gasteiger partial charge on any atom is 0.244 e. The van der Waals surface area contributed by atoms with E-state index in [1.165, 1.54) is 6.08 Å². The van der Waals surface area contributed by atoms with Crippen molar-refractivity contribution in [2.24, 2.45) is 5.73 Å². The van der Waals surface area contributed by atoms with Crippen LogP contribution in [0.25, 0.3) is 6.08 Å². The third-order valence-corrected chi connectivity index (χ3v) is 4.75. The van der Waals surface area contributed by atoms with Crippen molar-refractivity contribution in [3.63, 3.8) is 0 Å². The molecule has 1 aliphatic carbocycles. The molecular weight excluding hydrogens is 356 g/mol. The number of hydrogen-bond donors (Lipinski definition) is 2. The number of rotatable bonds is 7. The Labute approximate surface area is 165 Å². The smallest absolute Gasteiger partial charge is 0.244 e. The van der Waals surface area contributed by atoms with Gasteiger partial charge in [0.15, 0.2) is 11.5 Å². The number of anilines is 2. The summed E-state index contributed by atoms with van der Waals surface area (Å²) in [6.07, 6.45) is 5.83. The Bertz CT molecular complexity index is 897. The van der Waals surface area contributed by atoms with Gasteiger partial charge in [0.1, 0.15) is 5.82 Å². The molecule has 0 aliphatic heterocycles. The molecule has 7 heteroatoms. The average Bonchev–Trinajstić information content (AvgIpc) is 3.39. The van der Waals surface area contributed by atoms with Gasteiger partial charge in [-0.25, -0.2) is 4.98 Å². The maximum absolute atomic E-state index is 12.0. The summed E-state index contributed by atoms with van der Waals surface area (Å²) in [5.74, 6) is 1.92. The van der Waals surface area contributed by atoms with Gasteiger partial charge in [-0.1, -0.05) is 0 Å². The Morgan fingerprint density at radius 3 is 2.75 bits per heavy atom. The van der Waals surface area contributed by atoms with Crippen molar-refractivity contribution < 1.29 is 14.3 Å². The van der Waals surface area contributed by atoms with Crippen molar-refractivity contribution in [3.05, 3.63) is 47.7 Å². The van der Waals surface area contributed by atoms with Crippen LogP contribution in [-0.4, -0.2) is 44.2 Å². The van der Waals surface area contributed by atoms with Crippen molar-refractivity contribution in [1.82, 2.24) is 10.3 Å². The summed E-state index contributed by atoms with van der Waals surface area (Å²) in [5, 5.41) is 2.87. The molecule has 28 heavy (non-hydrogen) atoms. The van der Waals surface area contributed by atoms with Gasteiger partial charge >= 0.3 is 0 Å². The van der Waals surface area contributed by atoms with Gasteiger partial charge in [-0.2, -0.15) is 0 Å². The minimum atomic E-state index is -0.155. The van der Waals surface area contributed by atoms with E-state index in [4.69, 9.17) is 15.2 Å². The van der Waals surface area contributed by atoms with Crippen molar-refractivity contribution in [3.8, 4) is 11.5 Å². The Kier molecular flexibility index (Phi) is 5.84. The number of amides is 1. The van der Waals surface area contributed by atoms with Gasteiger partial charge in [-0.3, -0.25) is 4.79 Å². The molecule has 0 spiro atoms. The molecule has 2 atom stereocenters. The van der Waals surface area contributed by atoms with E-state index in [0.717, 1.165) is 29.1 Å². The zero-order valence-corrected chi connectivity index (χ0v) is 16.6. The molecule has 3 rings (SSSR count). The number of benzene rings is 1. The number of methoxy groups -OCH3 is 2. The van der Waals surface area contributed by atoms with Crippen molar-refractivity contribution in [1.29, 1.82) is 0 Å². The normalized spacial score (nSPS) is 18.0. The first-order valence-corrected chi connectivity index (χ1v) is 9.10. The third-order valence-electron chi connectivity index (χ3n) is 4.75. The Morgan fingerprint density at radius 2 is 2.11 bits per heavy atom. The number of nitrogens with two attached hydrogens (primary N) is 1. The zero-order chi connectivity index (χ0) is 20.3. The van der Waals surface area contributed by atoms with Crippen LogP contribution in [0.3, 0.4) is 0 Å². The second-order valence-corrected chi connectivity index (χ2v) is 6.82. The van der Waals surface area contributed by atoms with Crippen molar-refractivity contribution in [2.75, 3.05) is 26.2 Å². The van der Waals surface area contributed by atoms with Crippen LogP contribution in [0.4, 0.5) is 11.5 Å². The third kappa shape index (κ3) is 4.26. The molecule has 0 bridgehead atoms. The summed E-state index contributed by atoms with van der Waals surface area (Å²) < 4.78 is 10.9. The number of aryl methyl sites for hydroxylation is 1. The number of ether oxygens (including phenoxy) is 2. The molecule has 1 amide bonds. The number of nitrogens with zero attached hydrogens (tertiary/aromatic N) is 2. The molecule has 148 valence electrons. The lowest BCUT2D eigenvalue weighted by molar-refractivity contribution is -0.116. The van der Waals surface area contributed by atoms with Gasteiger partial charge in [0, 0.05) is 48.7 Å². The molecule has 1 fully saturated rings. The van der Waals surface area contributed by atoms with Gasteiger partial charge < -0.3 is 25.4 Å². The van der Waals surface area contributed by atoms with E-state index in [2.05, 4.69) is 10.3 Å². The zero-order valence-electron chi connectivity index (χ0n) is 16.6. The molecule has 1 aromatic carbocycles. The van der Waals surface area contributed by atoms with E-state index in [1.54, 1.807) is 26.5 Å². The fourth-order valence-corrected chi connectivity index (χ4v) is 3.05. The lowest BCUT2D eigenvalue weighted by Gasteiger charge is -2.22. The lowest BCUT2D eigenvalue weighted by Crippen LogP contribution is -2.27. The molecule has 3 N–H and O–H groups in total. The fourth-order valence-electron chi connectivity index (χ4n) is 3.05. The van der Waals surface area contributed by atoms with Crippen LogP contribution < -0.4 is 25.4 Å². The topological polar surface area (TPSA) is 89.7 Å². The Balaban J connectivity index is 1.85. The predicted octanol–water partition coefficient (Wildman–Crippen LogP) is 2.40. The van der Waals surface area contributed by atoms with Gasteiger partial charge in [0.25, 0.3) is 0 Å². The van der Waals surface area contributed by atoms with E-state index in [0.29, 0.717) is 11.5 Å². The number of pyridine rings is 1. The molecule has 1 heterocycles. The summed E-state index contributed by atoms with van der Waals surface area (Å²) >= 11 is 0. The second-order valence-electron chi connectivity index (χ2n) is 6.82. The fraction of sp³-hybridized carbons (Fsp3) is 0.333. The van der Waals surface area contributed by atoms with Crippen LogP contribution in [0.15, 0.2) is 36.5 Å². The predicted molar refractivity (Wildman–Crippen MR) is 110 cm³/mol. The molecule has 0 saturated heterocycles. The first kappa shape index (κ1) is 19.7. The van der Waals surface area contributed by atoms with Gasteiger partial charge in [0.05, 0.1) is 14.2 Å². The number of carbonyl (C=O) groups excluding carboxylic acids is 1. The quantitative estimate of drug-likeness (QED) is 0.715. The first-order chi connectivity index (χ1) is 13.4. The van der Waals surface area contributed by atoms with Crippen LogP contribution in [0.1, 0.15) is 17.5 Å². The van der Waals surface area contributed by atoms with Gasteiger partial charge in [-0.15, -0.1) is 0 Å². The average molecular weight is 382 g/mol. The number of carbonyl (C=O) groups is 1. The summed E-state index contributed by atoms with van der Waals surface area (Å²) in [5.41, 5.74) is 8.41. The van der Waals surface area contributed by atoms with Crippen molar-refractivity contribution >= 4 is 23.5 Å². The van der Waals surface area contributed by atoms with Gasteiger partial charge in [0.2, 0.25) is 5.91 Å². The summed E-state index contributed by atoms with van der Waals surface area (Å²) in [6.45, 7) is 1.96. The van der Waals surface area contributed by atoms with Crippen LogP contribution in [0.2, 0.25) is 0 Å². The highest BCUT2D eigenvalue weighted by atomic mass is 16.5. The van der Waals surface area contributed by atoms with Crippen molar-refractivity contribution in [2.45, 2.75) is 25.4 Å². The van der Waals surface area contributed by atoms with Crippen LogP contribution in [-0.2, 0) is 4.79 Å². The number of hydrogen-bond acceptors (Lipinski definition) is 6. The lowest BCUT2D eigenvalue weighted by atomic mass is 10.1. The minimum absolute atomic E-state index is 0.0747. The SMILES string of the molecule is COc1cc(N(C)c2ncccc2/C=C/C(=O)NC2CC2N)cc(C)c1OC. The molecule has 1 saturated carbocycles. The van der Waals surface area contributed by atoms with E-state index in [-0.39, 0.29) is 18.0 Å². The number of nitrogens with one attached hydrogen (secondary N) is 1. The minimum Gasteiger partial charge on any atom is -0.493 e. The summed E-state index contributed by atoms with van der Waals surface area (Å²) in [4.78, 5) is 18.5. The summed E-state index contributed by atoms with van der Waals surface area (Å²) in [7, 11) is 5.15. The standard InChI is InChI=1S/C21H26N4O3/c1-13-10-15(11-18(27-3)20(13)28-4)25(2)21-14(6-5-9-23-21)7-8-19(26)24-17-12-16(17)22/h5-11,16-17H,12,22H2,1-4H3,(H,24,26)/b8-7+. The van der Waals surface area contributed by atoms with Gasteiger partial charge in [-0.05, 0) is 43.2 Å². The second kappa shape index (κ2) is 8.31. The molecule has 1 aromatic heterocycles. The molecule has 2 unspecified atom stereocenters. The van der Waals surface area contributed by atoms with E-state index in [9.17, 15) is 4.79 Å². The Morgan fingerprint density at radius 1 is 1.36 bits per heavy atom. The van der Waals surface area contributed by atoms with Crippen LogP contribution in [0, 0.1) is 6.92 Å². The molecule has 0 radical (unpaired) electrons. The molecule has 1 aliphatic rings. The molecular formula is C21H26N4O3. The highest BCUT2D eigenvalue weighted by Crippen LogP contribution is 2.37. The van der Waals surface area contributed by atoms with Crippen LogP contribution >= 0.6 is 0 Å². The highest BCUT2D eigenvalue weighted by molar-refractivity contribution is 5.93. The highest BCUT2D eigenvalue weighted by Gasteiger charge is 2.34. The largest absolute Gasteiger partial charge is 0.493 e. The number of aromatic nitrogens is 1. The monoisotopic (exact) mass is 382 g/mol. The van der Waals surface area contributed by atoms with Crippen LogP contribution in [0.5, 0.6) is 11.5 Å².